The number of benzene rings is 1. The summed E-state index contributed by atoms with van der Waals surface area (Å²) in [6.45, 7) is 4.16. The zero-order valence-corrected chi connectivity index (χ0v) is 10.2. The molecule has 0 amide bonds. The van der Waals surface area contributed by atoms with E-state index in [1.807, 2.05) is 0 Å². The van der Waals surface area contributed by atoms with E-state index in [0.29, 0.717) is 5.92 Å². The number of hydrogen-bond acceptors (Lipinski definition) is 0. The van der Waals surface area contributed by atoms with Gasteiger partial charge in [-0.2, -0.15) is 0 Å². The second kappa shape index (κ2) is 4.30. The summed E-state index contributed by atoms with van der Waals surface area (Å²) in [5.41, 5.74) is 2.75. The number of allylic oxidation sites excluding steroid dienone is 3. The molecule has 0 saturated carbocycles. The number of halogens is 1. The highest BCUT2D eigenvalue weighted by Crippen LogP contribution is 2.27. The lowest BCUT2D eigenvalue weighted by atomic mass is 9.85. The molecule has 1 aromatic carbocycles. The van der Waals surface area contributed by atoms with Crippen molar-refractivity contribution in [3.05, 3.63) is 57.7 Å². The van der Waals surface area contributed by atoms with Gasteiger partial charge in [0.05, 0.1) is 0 Å². The maximum atomic E-state index is 4.16. The summed E-state index contributed by atoms with van der Waals surface area (Å²) in [6.07, 6.45) is 6.67. The van der Waals surface area contributed by atoms with Gasteiger partial charge in [-0.05, 0) is 47.1 Å². The van der Waals surface area contributed by atoms with Crippen molar-refractivity contribution in [1.82, 2.24) is 0 Å². The predicted molar refractivity (Wildman–Crippen MR) is 69.3 cm³/mol. The smallest absolute Gasteiger partial charge is 0.0165 e. The van der Waals surface area contributed by atoms with Crippen molar-refractivity contribution in [2.24, 2.45) is 5.92 Å². The van der Waals surface area contributed by atoms with Crippen LogP contribution in [0.25, 0.3) is 0 Å². The fourth-order valence-electron chi connectivity index (χ4n) is 1.59. The van der Waals surface area contributed by atoms with Crippen LogP contribution in [0.5, 0.6) is 0 Å². The molecule has 0 spiro atoms. The maximum absolute atomic E-state index is 4.16. The molecule has 0 aliphatic heterocycles. The van der Waals surface area contributed by atoms with Gasteiger partial charge < -0.3 is 0 Å². The topological polar surface area (TPSA) is 0 Å². The summed E-state index contributed by atoms with van der Waals surface area (Å²) in [7, 11) is 0. The van der Waals surface area contributed by atoms with Gasteiger partial charge in [0, 0.05) is 9.49 Å². The minimum atomic E-state index is 0.631. The molecule has 0 N–H and O–H groups in total. The third-order valence-corrected chi connectivity index (χ3v) is 3.71. The summed E-state index contributed by atoms with van der Waals surface area (Å²) in [4.78, 5) is 0. The zero-order valence-electron chi connectivity index (χ0n) is 8.04. The van der Waals surface area contributed by atoms with E-state index in [4.69, 9.17) is 0 Å². The van der Waals surface area contributed by atoms with Gasteiger partial charge in [-0.25, -0.2) is 0 Å². The number of rotatable bonds is 3. The Bertz CT molecular complexity index is 377. The Kier molecular flexibility index (Phi) is 3.06. The van der Waals surface area contributed by atoms with E-state index < -0.39 is 0 Å². The minimum absolute atomic E-state index is 0.631. The molecule has 0 radical (unpaired) electrons. The van der Waals surface area contributed by atoms with E-state index >= 15 is 0 Å². The quantitative estimate of drug-likeness (QED) is 0.585. The summed E-state index contributed by atoms with van der Waals surface area (Å²) >= 11 is 2.39. The van der Waals surface area contributed by atoms with E-state index in [1.54, 1.807) is 0 Å². The Morgan fingerprint density at radius 2 is 2.14 bits per heavy atom. The largest absolute Gasteiger partial charge is 0.0989 e. The van der Waals surface area contributed by atoms with Crippen LogP contribution >= 0.6 is 22.6 Å². The van der Waals surface area contributed by atoms with E-state index in [2.05, 4.69) is 65.6 Å². The van der Waals surface area contributed by atoms with Crippen molar-refractivity contribution in [1.29, 1.82) is 0 Å². The minimum Gasteiger partial charge on any atom is -0.0989 e. The highest BCUT2D eigenvalue weighted by Gasteiger charge is 2.14. The molecule has 0 heterocycles. The fourth-order valence-corrected chi connectivity index (χ4v) is 2.17. The van der Waals surface area contributed by atoms with Crippen LogP contribution in [-0.4, -0.2) is 0 Å². The summed E-state index contributed by atoms with van der Waals surface area (Å²) in [5.74, 6) is 0.631. The molecule has 1 atom stereocenters. The molecular formula is C13H13I. The second-order valence-electron chi connectivity index (χ2n) is 3.70. The van der Waals surface area contributed by atoms with Gasteiger partial charge in [-0.3, -0.25) is 0 Å². The van der Waals surface area contributed by atoms with Crippen LogP contribution < -0.4 is 0 Å². The molecule has 1 aliphatic rings. The van der Waals surface area contributed by atoms with Crippen molar-refractivity contribution in [3.8, 4) is 0 Å². The Balaban J connectivity index is 2.07. The van der Waals surface area contributed by atoms with Gasteiger partial charge in [-0.15, -0.1) is 0 Å². The van der Waals surface area contributed by atoms with E-state index in [-0.39, 0.29) is 0 Å². The van der Waals surface area contributed by atoms with Crippen LogP contribution in [-0.2, 0) is 6.42 Å². The standard InChI is InChI=1S/C13H13I/c1-10(11-6-4-7-11)9-12-5-2-3-8-13(12)14/h2-6,8,11H,1,7,9H2. The fraction of sp³-hybridized carbons (Fsp3) is 0.231. The lowest BCUT2D eigenvalue weighted by Crippen LogP contribution is -2.08. The van der Waals surface area contributed by atoms with Crippen molar-refractivity contribution in [2.75, 3.05) is 0 Å². The average Bonchev–Trinajstić information content (AvgIpc) is 2.05. The molecule has 0 nitrogen and oxygen atoms in total. The number of hydrogen-bond donors (Lipinski definition) is 0. The highest BCUT2D eigenvalue weighted by atomic mass is 127. The second-order valence-corrected chi connectivity index (χ2v) is 4.86. The third kappa shape index (κ3) is 2.08. The molecule has 0 bridgehead atoms. The van der Waals surface area contributed by atoms with Crippen molar-refractivity contribution < 1.29 is 0 Å². The third-order valence-electron chi connectivity index (χ3n) is 2.66. The van der Waals surface area contributed by atoms with Gasteiger partial charge in [0.15, 0.2) is 0 Å². The van der Waals surface area contributed by atoms with Gasteiger partial charge in [0.1, 0.15) is 0 Å². The molecule has 0 saturated heterocycles. The van der Waals surface area contributed by atoms with E-state index in [1.165, 1.54) is 21.1 Å². The Morgan fingerprint density at radius 1 is 1.43 bits per heavy atom. The molecule has 1 heteroatoms. The SMILES string of the molecule is C=C(Cc1ccccc1I)C1C=CC1. The normalized spacial score (nSPS) is 19.1. The van der Waals surface area contributed by atoms with Crippen molar-refractivity contribution >= 4 is 22.6 Å². The molecule has 14 heavy (non-hydrogen) atoms. The predicted octanol–water partition coefficient (Wildman–Crippen LogP) is 3.97. The van der Waals surface area contributed by atoms with Crippen molar-refractivity contribution in [3.63, 3.8) is 0 Å². The van der Waals surface area contributed by atoms with Gasteiger partial charge in [0.25, 0.3) is 0 Å². The van der Waals surface area contributed by atoms with Crippen LogP contribution in [0.15, 0.2) is 48.6 Å². The first kappa shape index (κ1) is 9.97. The highest BCUT2D eigenvalue weighted by molar-refractivity contribution is 14.1. The first-order valence-electron chi connectivity index (χ1n) is 4.85. The van der Waals surface area contributed by atoms with Crippen LogP contribution in [0.3, 0.4) is 0 Å². The molecule has 1 unspecified atom stereocenters. The maximum Gasteiger partial charge on any atom is 0.0165 e. The Labute approximate surface area is 98.9 Å². The molecule has 1 aliphatic carbocycles. The summed E-state index contributed by atoms with van der Waals surface area (Å²) < 4.78 is 1.34. The first-order valence-corrected chi connectivity index (χ1v) is 5.93. The Hall–Kier alpha value is -0.570. The Morgan fingerprint density at radius 3 is 2.71 bits per heavy atom. The van der Waals surface area contributed by atoms with Gasteiger partial charge in [0.2, 0.25) is 0 Å². The van der Waals surface area contributed by atoms with E-state index in [9.17, 15) is 0 Å². The molecule has 2 rings (SSSR count). The summed E-state index contributed by atoms with van der Waals surface area (Å²) in [6, 6.07) is 8.52. The van der Waals surface area contributed by atoms with Gasteiger partial charge >= 0.3 is 0 Å². The van der Waals surface area contributed by atoms with Crippen molar-refractivity contribution in [2.45, 2.75) is 12.8 Å². The van der Waals surface area contributed by atoms with Crippen LogP contribution in [0.1, 0.15) is 12.0 Å². The summed E-state index contributed by atoms with van der Waals surface area (Å²) in [5, 5.41) is 0. The van der Waals surface area contributed by atoms with Crippen LogP contribution in [0, 0.1) is 9.49 Å². The molecule has 1 aromatic rings. The van der Waals surface area contributed by atoms with Crippen LogP contribution in [0.4, 0.5) is 0 Å². The monoisotopic (exact) mass is 296 g/mol. The molecule has 0 fully saturated rings. The lowest BCUT2D eigenvalue weighted by Gasteiger charge is -2.20. The van der Waals surface area contributed by atoms with E-state index in [0.717, 1.165) is 6.42 Å². The zero-order chi connectivity index (χ0) is 9.97. The molecule has 72 valence electrons. The van der Waals surface area contributed by atoms with Gasteiger partial charge in [-0.1, -0.05) is 42.5 Å². The average molecular weight is 296 g/mol. The molecular weight excluding hydrogens is 283 g/mol. The lowest BCUT2D eigenvalue weighted by molar-refractivity contribution is 0.693. The van der Waals surface area contributed by atoms with Crippen LogP contribution in [0.2, 0.25) is 0 Å². The first-order chi connectivity index (χ1) is 6.77. The molecule has 0 aromatic heterocycles.